The summed E-state index contributed by atoms with van der Waals surface area (Å²) in [7, 11) is 0. The van der Waals surface area contributed by atoms with Crippen molar-refractivity contribution in [1.82, 2.24) is 5.32 Å². The summed E-state index contributed by atoms with van der Waals surface area (Å²) in [6, 6.07) is 10.3. The highest BCUT2D eigenvalue weighted by atomic mass is 16.5. The van der Waals surface area contributed by atoms with Crippen molar-refractivity contribution in [3.63, 3.8) is 0 Å². The molecular formula is C13H19NO. The highest BCUT2D eigenvalue weighted by Crippen LogP contribution is 2.08. The number of nitrogens with one attached hydrogen (secondary N) is 1. The molecule has 0 fully saturated rings. The first kappa shape index (κ1) is 11.8. The highest BCUT2D eigenvalue weighted by molar-refractivity contribution is 5.21. The van der Waals surface area contributed by atoms with Crippen molar-refractivity contribution in [2.75, 3.05) is 13.2 Å². The van der Waals surface area contributed by atoms with Crippen molar-refractivity contribution >= 4 is 0 Å². The number of rotatable bonds is 6. The summed E-state index contributed by atoms with van der Waals surface area (Å²) in [5, 5.41) is 3.30. The van der Waals surface area contributed by atoms with Crippen LogP contribution in [0.5, 0.6) is 5.75 Å². The van der Waals surface area contributed by atoms with E-state index in [1.165, 1.54) is 0 Å². The molecular weight excluding hydrogens is 186 g/mol. The van der Waals surface area contributed by atoms with Gasteiger partial charge in [-0.05, 0) is 17.7 Å². The molecule has 0 aliphatic carbocycles. The van der Waals surface area contributed by atoms with Crippen molar-refractivity contribution < 1.29 is 4.74 Å². The van der Waals surface area contributed by atoms with E-state index < -0.39 is 0 Å². The van der Waals surface area contributed by atoms with E-state index >= 15 is 0 Å². The van der Waals surface area contributed by atoms with Crippen LogP contribution in [0.4, 0.5) is 0 Å². The van der Waals surface area contributed by atoms with Crippen LogP contribution in [-0.2, 0) is 0 Å². The van der Waals surface area contributed by atoms with E-state index in [0.717, 1.165) is 17.9 Å². The molecule has 0 saturated carbocycles. The van der Waals surface area contributed by atoms with Gasteiger partial charge in [0.05, 0.1) is 0 Å². The molecule has 0 spiro atoms. The fraction of sp³-hybridized carbons (Fsp3) is 0.385. The van der Waals surface area contributed by atoms with Gasteiger partial charge in [-0.2, -0.15) is 0 Å². The fourth-order valence-corrected chi connectivity index (χ4v) is 1.10. The maximum atomic E-state index is 5.56. The van der Waals surface area contributed by atoms with Crippen LogP contribution >= 0.6 is 0 Å². The summed E-state index contributed by atoms with van der Waals surface area (Å²) in [6.07, 6.45) is 0. The first-order valence-electron chi connectivity index (χ1n) is 5.26. The first-order valence-corrected chi connectivity index (χ1v) is 5.26. The molecule has 82 valence electrons. The number of hydrogen-bond acceptors (Lipinski definition) is 2. The third-order valence-corrected chi connectivity index (χ3v) is 1.95. The van der Waals surface area contributed by atoms with Crippen molar-refractivity contribution in [2.24, 2.45) is 0 Å². The van der Waals surface area contributed by atoms with Crippen molar-refractivity contribution in [3.05, 3.63) is 42.5 Å². The van der Waals surface area contributed by atoms with E-state index in [9.17, 15) is 0 Å². The van der Waals surface area contributed by atoms with Crippen LogP contribution in [0.15, 0.2) is 42.5 Å². The molecule has 0 aliphatic heterocycles. The number of ether oxygens (including phenoxy) is 1. The van der Waals surface area contributed by atoms with Crippen molar-refractivity contribution in [3.8, 4) is 5.75 Å². The van der Waals surface area contributed by atoms with Gasteiger partial charge in [0, 0.05) is 12.6 Å². The standard InChI is InChI=1S/C13H19NO/c1-11(2)14-9-12(3)10-15-13-7-5-4-6-8-13/h4-8,11,14H,3,9-10H2,1-2H3. The maximum Gasteiger partial charge on any atom is 0.119 e. The maximum absolute atomic E-state index is 5.56. The summed E-state index contributed by atoms with van der Waals surface area (Å²) in [5.41, 5.74) is 1.06. The van der Waals surface area contributed by atoms with Crippen LogP contribution in [0.25, 0.3) is 0 Å². The molecule has 2 nitrogen and oxygen atoms in total. The van der Waals surface area contributed by atoms with E-state index in [2.05, 4.69) is 25.7 Å². The minimum Gasteiger partial charge on any atom is -0.489 e. The summed E-state index contributed by atoms with van der Waals surface area (Å²) in [5.74, 6) is 0.892. The van der Waals surface area contributed by atoms with Crippen LogP contribution in [0.2, 0.25) is 0 Å². The monoisotopic (exact) mass is 205 g/mol. The summed E-state index contributed by atoms with van der Waals surface area (Å²) in [4.78, 5) is 0. The van der Waals surface area contributed by atoms with Gasteiger partial charge in [0.25, 0.3) is 0 Å². The number of hydrogen-bond donors (Lipinski definition) is 1. The molecule has 1 aromatic rings. The van der Waals surface area contributed by atoms with E-state index in [1.807, 2.05) is 30.3 Å². The SMILES string of the molecule is C=C(CNC(C)C)COc1ccccc1. The lowest BCUT2D eigenvalue weighted by Gasteiger charge is -2.11. The molecule has 0 unspecified atom stereocenters. The molecule has 1 rings (SSSR count). The quantitative estimate of drug-likeness (QED) is 0.721. The van der Waals surface area contributed by atoms with Gasteiger partial charge in [-0.1, -0.05) is 38.6 Å². The van der Waals surface area contributed by atoms with Gasteiger partial charge in [-0.3, -0.25) is 0 Å². The van der Waals surface area contributed by atoms with E-state index in [1.54, 1.807) is 0 Å². The Kier molecular flexibility index (Phi) is 4.91. The second-order valence-corrected chi connectivity index (χ2v) is 3.89. The second kappa shape index (κ2) is 6.25. The van der Waals surface area contributed by atoms with Gasteiger partial charge in [0.2, 0.25) is 0 Å². The van der Waals surface area contributed by atoms with Crippen LogP contribution in [0.1, 0.15) is 13.8 Å². The van der Waals surface area contributed by atoms with Gasteiger partial charge in [0.15, 0.2) is 0 Å². The van der Waals surface area contributed by atoms with Gasteiger partial charge in [0.1, 0.15) is 12.4 Å². The second-order valence-electron chi connectivity index (χ2n) is 3.89. The minimum atomic E-state index is 0.485. The predicted molar refractivity (Wildman–Crippen MR) is 64.2 cm³/mol. The number of para-hydroxylation sites is 1. The largest absolute Gasteiger partial charge is 0.489 e. The Bertz CT molecular complexity index is 293. The Balaban J connectivity index is 2.23. The highest BCUT2D eigenvalue weighted by Gasteiger charge is 1.97. The lowest BCUT2D eigenvalue weighted by atomic mass is 10.3. The van der Waals surface area contributed by atoms with Gasteiger partial charge in [-0.15, -0.1) is 0 Å². The van der Waals surface area contributed by atoms with Gasteiger partial charge >= 0.3 is 0 Å². The zero-order chi connectivity index (χ0) is 11.1. The Morgan fingerprint density at radius 1 is 1.33 bits per heavy atom. The smallest absolute Gasteiger partial charge is 0.119 e. The minimum absolute atomic E-state index is 0.485. The van der Waals surface area contributed by atoms with Crippen LogP contribution in [-0.4, -0.2) is 19.2 Å². The Labute approximate surface area is 92.0 Å². The first-order chi connectivity index (χ1) is 7.18. The molecule has 0 atom stereocenters. The third kappa shape index (κ3) is 5.23. The molecule has 0 aliphatic rings. The van der Waals surface area contributed by atoms with Crippen LogP contribution < -0.4 is 10.1 Å². The molecule has 0 radical (unpaired) electrons. The average molecular weight is 205 g/mol. The molecule has 0 aromatic heterocycles. The van der Waals surface area contributed by atoms with Crippen molar-refractivity contribution in [1.29, 1.82) is 0 Å². The zero-order valence-electron chi connectivity index (χ0n) is 9.49. The Morgan fingerprint density at radius 2 is 2.00 bits per heavy atom. The third-order valence-electron chi connectivity index (χ3n) is 1.95. The average Bonchev–Trinajstić information content (AvgIpc) is 2.25. The predicted octanol–water partition coefficient (Wildman–Crippen LogP) is 2.62. The summed E-state index contributed by atoms with van der Waals surface area (Å²) < 4.78 is 5.56. The summed E-state index contributed by atoms with van der Waals surface area (Å²) >= 11 is 0. The van der Waals surface area contributed by atoms with Crippen LogP contribution in [0.3, 0.4) is 0 Å². The van der Waals surface area contributed by atoms with Gasteiger partial charge in [-0.25, -0.2) is 0 Å². The van der Waals surface area contributed by atoms with Gasteiger partial charge < -0.3 is 10.1 Å². The van der Waals surface area contributed by atoms with E-state index in [4.69, 9.17) is 4.74 Å². The Morgan fingerprint density at radius 3 is 2.60 bits per heavy atom. The van der Waals surface area contributed by atoms with Crippen molar-refractivity contribution in [2.45, 2.75) is 19.9 Å². The molecule has 0 heterocycles. The lowest BCUT2D eigenvalue weighted by molar-refractivity contribution is 0.347. The Hall–Kier alpha value is -1.28. The summed E-state index contributed by atoms with van der Waals surface area (Å²) in [6.45, 7) is 9.57. The molecule has 1 aromatic carbocycles. The normalized spacial score (nSPS) is 10.3. The lowest BCUT2D eigenvalue weighted by Crippen LogP contribution is -2.26. The fourth-order valence-electron chi connectivity index (χ4n) is 1.10. The molecule has 0 amide bonds. The molecule has 1 N–H and O–H groups in total. The molecule has 15 heavy (non-hydrogen) atoms. The zero-order valence-corrected chi connectivity index (χ0v) is 9.49. The van der Waals surface area contributed by atoms with E-state index in [-0.39, 0.29) is 0 Å². The number of benzene rings is 1. The molecule has 0 saturated heterocycles. The topological polar surface area (TPSA) is 21.3 Å². The molecule has 2 heteroatoms. The van der Waals surface area contributed by atoms with Crippen LogP contribution in [0, 0.1) is 0 Å². The molecule has 0 bridgehead atoms. The van der Waals surface area contributed by atoms with E-state index in [0.29, 0.717) is 12.6 Å².